The second-order valence-electron chi connectivity index (χ2n) is 12.1. The number of amides is 2. The zero-order valence-corrected chi connectivity index (χ0v) is 23.3. The number of rotatable bonds is 7. The van der Waals surface area contributed by atoms with Gasteiger partial charge >= 0.3 is 6.03 Å². The van der Waals surface area contributed by atoms with Gasteiger partial charge in [-0.2, -0.15) is 0 Å². The van der Waals surface area contributed by atoms with Gasteiger partial charge in [-0.25, -0.2) is 9.78 Å². The number of para-hydroxylation sites is 2. The van der Waals surface area contributed by atoms with Gasteiger partial charge in [0.1, 0.15) is 5.82 Å². The third-order valence-electron chi connectivity index (χ3n) is 8.59. The number of carbonyl (C=O) groups excluding carboxylic acids is 1. The number of aryl methyl sites for hydroxylation is 1. The molecule has 2 amide bonds. The summed E-state index contributed by atoms with van der Waals surface area (Å²) in [6, 6.07) is 14.9. The van der Waals surface area contributed by atoms with Gasteiger partial charge in [-0.15, -0.1) is 0 Å². The summed E-state index contributed by atoms with van der Waals surface area (Å²) < 4.78 is 1.71. The van der Waals surface area contributed by atoms with Crippen LogP contribution in [0.2, 0.25) is 0 Å². The summed E-state index contributed by atoms with van der Waals surface area (Å²) in [4.78, 5) is 34.5. The fourth-order valence-corrected chi connectivity index (χ4v) is 6.80. The molecule has 2 aliphatic rings. The molecule has 1 N–H and O–H groups in total. The van der Waals surface area contributed by atoms with Crippen molar-refractivity contribution in [2.75, 3.05) is 13.1 Å². The maximum atomic E-state index is 13.9. The van der Waals surface area contributed by atoms with E-state index in [2.05, 4.69) is 19.2 Å². The van der Waals surface area contributed by atoms with Gasteiger partial charge in [-0.3, -0.25) is 9.36 Å². The molecule has 0 saturated heterocycles. The highest BCUT2D eigenvalue weighted by atomic mass is 16.2. The predicted molar refractivity (Wildman–Crippen MR) is 154 cm³/mol. The van der Waals surface area contributed by atoms with E-state index in [9.17, 15) is 9.59 Å². The average molecular weight is 515 g/mol. The van der Waals surface area contributed by atoms with Crippen LogP contribution in [-0.2, 0) is 0 Å². The van der Waals surface area contributed by atoms with Crippen LogP contribution >= 0.6 is 0 Å². The SMILES string of the molecule is Cc1ccccc1-n1c(C(C)N(CC(C)C)C(=O)NCC2CC3CCCC(C3)C2)nc2ccccc2c1=O. The molecule has 202 valence electrons. The Morgan fingerprint density at radius 3 is 2.42 bits per heavy atom. The lowest BCUT2D eigenvalue weighted by Crippen LogP contribution is -2.46. The Kier molecular flexibility index (Phi) is 7.87. The van der Waals surface area contributed by atoms with Crippen molar-refractivity contribution in [3.8, 4) is 5.69 Å². The van der Waals surface area contributed by atoms with Crippen LogP contribution < -0.4 is 10.9 Å². The van der Waals surface area contributed by atoms with E-state index in [0.29, 0.717) is 29.2 Å². The molecule has 3 atom stereocenters. The van der Waals surface area contributed by atoms with Crippen molar-refractivity contribution < 1.29 is 4.79 Å². The smallest absolute Gasteiger partial charge is 0.318 e. The summed E-state index contributed by atoms with van der Waals surface area (Å²) in [6.45, 7) is 9.55. The summed E-state index contributed by atoms with van der Waals surface area (Å²) in [5.74, 6) is 3.09. The number of hydrogen-bond acceptors (Lipinski definition) is 3. The molecule has 2 bridgehead atoms. The van der Waals surface area contributed by atoms with E-state index in [1.807, 2.05) is 67.3 Å². The first kappa shape index (κ1) is 26.5. The van der Waals surface area contributed by atoms with E-state index < -0.39 is 0 Å². The van der Waals surface area contributed by atoms with Gasteiger partial charge in [0.2, 0.25) is 0 Å². The number of nitrogens with zero attached hydrogens (tertiary/aromatic N) is 3. The molecule has 3 unspecified atom stereocenters. The second-order valence-corrected chi connectivity index (χ2v) is 12.1. The monoisotopic (exact) mass is 514 g/mol. The second kappa shape index (κ2) is 11.3. The molecule has 1 aromatic heterocycles. The van der Waals surface area contributed by atoms with Gasteiger partial charge < -0.3 is 10.2 Å². The third kappa shape index (κ3) is 5.50. The maximum Gasteiger partial charge on any atom is 0.318 e. The summed E-state index contributed by atoms with van der Waals surface area (Å²) in [6.07, 6.45) is 7.91. The highest BCUT2D eigenvalue weighted by Crippen LogP contribution is 2.42. The molecule has 0 aliphatic heterocycles. The first-order valence-electron chi connectivity index (χ1n) is 14.4. The Morgan fingerprint density at radius 2 is 1.71 bits per heavy atom. The highest BCUT2D eigenvalue weighted by molar-refractivity contribution is 5.78. The molecule has 2 fully saturated rings. The van der Waals surface area contributed by atoms with Crippen LogP contribution in [0.3, 0.4) is 0 Å². The number of aromatic nitrogens is 2. The van der Waals surface area contributed by atoms with Gasteiger partial charge in [0.05, 0.1) is 22.6 Å². The van der Waals surface area contributed by atoms with Crippen molar-refractivity contribution >= 4 is 16.9 Å². The first-order chi connectivity index (χ1) is 18.3. The van der Waals surface area contributed by atoms with Crippen LogP contribution in [-0.4, -0.2) is 33.6 Å². The molecule has 38 heavy (non-hydrogen) atoms. The lowest BCUT2D eigenvalue weighted by molar-refractivity contribution is 0.130. The first-order valence-corrected chi connectivity index (χ1v) is 14.4. The quantitative estimate of drug-likeness (QED) is 0.384. The number of nitrogens with one attached hydrogen (secondary N) is 1. The van der Waals surface area contributed by atoms with Crippen molar-refractivity contribution in [3.05, 3.63) is 70.3 Å². The van der Waals surface area contributed by atoms with Crippen LogP contribution in [0.4, 0.5) is 4.79 Å². The Hall–Kier alpha value is -3.15. The van der Waals surface area contributed by atoms with Crippen molar-refractivity contribution in [2.45, 2.75) is 72.3 Å². The fraction of sp³-hybridized carbons (Fsp3) is 0.531. The Morgan fingerprint density at radius 1 is 1.03 bits per heavy atom. The van der Waals surface area contributed by atoms with Gasteiger partial charge in [-0.1, -0.05) is 63.4 Å². The van der Waals surface area contributed by atoms with Crippen molar-refractivity contribution in [3.63, 3.8) is 0 Å². The van der Waals surface area contributed by atoms with E-state index in [1.165, 1.54) is 38.5 Å². The van der Waals surface area contributed by atoms with Gasteiger partial charge in [0.15, 0.2) is 0 Å². The van der Waals surface area contributed by atoms with Crippen molar-refractivity contribution in [1.29, 1.82) is 0 Å². The minimum atomic E-state index is -0.389. The molecule has 5 rings (SSSR count). The summed E-state index contributed by atoms with van der Waals surface area (Å²) in [5.41, 5.74) is 2.34. The fourth-order valence-electron chi connectivity index (χ4n) is 6.80. The Balaban J connectivity index is 1.47. The molecule has 2 saturated carbocycles. The highest BCUT2D eigenvalue weighted by Gasteiger charge is 2.33. The zero-order chi connectivity index (χ0) is 26.8. The normalized spacial score (nSPS) is 21.9. The number of benzene rings is 2. The largest absolute Gasteiger partial charge is 0.338 e. The van der Waals surface area contributed by atoms with E-state index in [-0.39, 0.29) is 23.6 Å². The molecular formula is C32H42N4O2. The molecule has 6 heteroatoms. The molecule has 0 radical (unpaired) electrons. The summed E-state index contributed by atoms with van der Waals surface area (Å²) in [7, 11) is 0. The maximum absolute atomic E-state index is 13.9. The molecule has 6 nitrogen and oxygen atoms in total. The standard InChI is InChI=1S/C32H42N4O2/c1-21(2)20-35(32(38)33-19-26-17-24-11-9-12-25(16-24)18-26)23(4)30-34-28-14-7-6-13-27(28)31(37)36(30)29-15-8-5-10-22(29)3/h5-8,10,13-15,21,23-26H,9,11-12,16-20H2,1-4H3,(H,33,38). The number of fused-ring (bicyclic) bond motifs is 3. The average Bonchev–Trinajstić information content (AvgIpc) is 2.90. The van der Waals surface area contributed by atoms with E-state index in [1.54, 1.807) is 4.57 Å². The van der Waals surface area contributed by atoms with Crippen LogP contribution in [0.5, 0.6) is 0 Å². The zero-order valence-electron chi connectivity index (χ0n) is 23.3. The van der Waals surface area contributed by atoms with Crippen LogP contribution in [0.15, 0.2) is 53.3 Å². The van der Waals surface area contributed by atoms with E-state index in [0.717, 1.165) is 29.6 Å². The topological polar surface area (TPSA) is 67.2 Å². The molecule has 2 aliphatic carbocycles. The van der Waals surface area contributed by atoms with E-state index in [4.69, 9.17) is 4.98 Å². The van der Waals surface area contributed by atoms with Gasteiger partial charge in [-0.05, 0) is 80.5 Å². The van der Waals surface area contributed by atoms with Gasteiger partial charge in [0.25, 0.3) is 5.56 Å². The minimum absolute atomic E-state index is 0.0688. The Bertz CT molecular complexity index is 1330. The number of urea groups is 1. The predicted octanol–water partition coefficient (Wildman–Crippen LogP) is 6.64. The van der Waals surface area contributed by atoms with E-state index >= 15 is 0 Å². The molecule has 0 spiro atoms. The summed E-state index contributed by atoms with van der Waals surface area (Å²) >= 11 is 0. The summed E-state index contributed by atoms with van der Waals surface area (Å²) in [5, 5.41) is 3.87. The molecule has 3 aromatic rings. The van der Waals surface area contributed by atoms with Crippen molar-refractivity contribution in [2.24, 2.45) is 23.7 Å². The van der Waals surface area contributed by atoms with Crippen LogP contribution in [0, 0.1) is 30.6 Å². The molecule has 2 aromatic carbocycles. The van der Waals surface area contributed by atoms with Crippen molar-refractivity contribution in [1.82, 2.24) is 19.8 Å². The third-order valence-corrected chi connectivity index (χ3v) is 8.59. The minimum Gasteiger partial charge on any atom is -0.338 e. The molecular weight excluding hydrogens is 472 g/mol. The van der Waals surface area contributed by atoms with Gasteiger partial charge in [0, 0.05) is 13.1 Å². The van der Waals surface area contributed by atoms with Crippen LogP contribution in [0.25, 0.3) is 16.6 Å². The number of carbonyl (C=O) groups is 1. The lowest BCUT2D eigenvalue weighted by Gasteiger charge is -2.39. The van der Waals surface area contributed by atoms with Crippen LogP contribution in [0.1, 0.15) is 76.7 Å². The Labute approximate surface area is 226 Å². The molecule has 1 heterocycles. The number of hydrogen-bond donors (Lipinski definition) is 1. The lowest BCUT2D eigenvalue weighted by atomic mass is 9.68.